The molecule has 0 heterocycles. The molecule has 0 radical (unpaired) electrons. The molecule has 326 valence electrons. The Labute approximate surface area is 340 Å². The molecule has 0 aromatic carbocycles. The van der Waals surface area contributed by atoms with Crippen molar-refractivity contribution in [2.45, 2.75) is 206 Å². The minimum absolute atomic E-state index is 0.143. The minimum atomic E-state index is -4.72. The Morgan fingerprint density at radius 3 is 1.50 bits per heavy atom. The van der Waals surface area contributed by atoms with Crippen molar-refractivity contribution in [1.29, 1.82) is 0 Å². The summed E-state index contributed by atoms with van der Waals surface area (Å²) in [6, 6.07) is -1.52. The highest BCUT2D eigenvalue weighted by atomic mass is 31.2. The molecule has 56 heavy (non-hydrogen) atoms. The number of carbonyl (C=O) groups excluding carboxylic acids is 2. The molecule has 0 aromatic rings. The highest BCUT2D eigenvalue weighted by Gasteiger charge is 2.28. The maximum absolute atomic E-state index is 12.6. The van der Waals surface area contributed by atoms with Crippen molar-refractivity contribution in [2.75, 3.05) is 19.8 Å². The van der Waals surface area contributed by atoms with Gasteiger partial charge in [0.2, 0.25) is 0 Å². The highest BCUT2D eigenvalue weighted by Crippen LogP contribution is 2.43. The molecule has 0 aliphatic rings. The number of allylic oxidation sites excluding steroid dienone is 6. The van der Waals surface area contributed by atoms with Crippen LogP contribution in [0, 0.1) is 0 Å². The summed E-state index contributed by atoms with van der Waals surface area (Å²) < 4.78 is 32.7. The third-order valence-electron chi connectivity index (χ3n) is 9.40. The summed E-state index contributed by atoms with van der Waals surface area (Å²) >= 11 is 0. The van der Waals surface area contributed by atoms with Crippen molar-refractivity contribution in [3.63, 3.8) is 0 Å². The molecule has 0 saturated heterocycles. The number of unbranched alkanes of at least 4 members (excludes halogenated alkanes) is 21. The molecule has 0 fully saturated rings. The molecule has 0 rings (SSSR count). The van der Waals surface area contributed by atoms with Crippen LogP contribution in [0.2, 0.25) is 0 Å². The van der Waals surface area contributed by atoms with E-state index < -0.39 is 51.1 Å². The average Bonchev–Trinajstić information content (AvgIpc) is 3.17. The van der Waals surface area contributed by atoms with Gasteiger partial charge in [-0.15, -0.1) is 0 Å². The van der Waals surface area contributed by atoms with Gasteiger partial charge in [-0.25, -0.2) is 4.57 Å². The van der Waals surface area contributed by atoms with E-state index in [1.54, 1.807) is 0 Å². The zero-order valence-corrected chi connectivity index (χ0v) is 36.1. The topological polar surface area (TPSA) is 172 Å². The van der Waals surface area contributed by atoms with Gasteiger partial charge in [0.05, 0.1) is 13.2 Å². The van der Waals surface area contributed by atoms with Gasteiger partial charge in [0.25, 0.3) is 0 Å². The van der Waals surface area contributed by atoms with Crippen LogP contribution in [0.15, 0.2) is 36.5 Å². The van der Waals surface area contributed by atoms with Crippen molar-refractivity contribution < 1.29 is 47.5 Å². The Balaban J connectivity index is 4.35. The number of phosphoric ester groups is 1. The van der Waals surface area contributed by atoms with Gasteiger partial charge in [0.15, 0.2) is 6.10 Å². The number of esters is 2. The van der Waals surface area contributed by atoms with Crippen molar-refractivity contribution in [1.82, 2.24) is 0 Å². The summed E-state index contributed by atoms with van der Waals surface area (Å²) in [6.45, 7) is 2.69. The first kappa shape index (κ1) is 53.7. The van der Waals surface area contributed by atoms with E-state index in [2.05, 4.69) is 54.8 Å². The molecule has 0 spiro atoms. The average molecular weight is 814 g/mol. The fourth-order valence-electron chi connectivity index (χ4n) is 5.96. The van der Waals surface area contributed by atoms with E-state index in [1.807, 2.05) is 0 Å². The first-order chi connectivity index (χ1) is 27.1. The second kappa shape index (κ2) is 39.5. The van der Waals surface area contributed by atoms with Crippen LogP contribution in [0.5, 0.6) is 0 Å². The van der Waals surface area contributed by atoms with Gasteiger partial charge < -0.3 is 25.2 Å². The lowest BCUT2D eigenvalue weighted by Crippen LogP contribution is -2.34. The van der Waals surface area contributed by atoms with Crippen molar-refractivity contribution in [3.8, 4) is 0 Å². The van der Waals surface area contributed by atoms with Crippen LogP contribution in [-0.2, 0) is 37.5 Å². The summed E-state index contributed by atoms with van der Waals surface area (Å²) in [5.41, 5.74) is 5.33. The first-order valence-electron chi connectivity index (χ1n) is 22.0. The fourth-order valence-corrected chi connectivity index (χ4v) is 6.74. The molecule has 0 bridgehead atoms. The monoisotopic (exact) mass is 814 g/mol. The van der Waals surface area contributed by atoms with E-state index in [1.165, 1.54) is 83.5 Å². The lowest BCUT2D eigenvalue weighted by molar-refractivity contribution is -0.161. The first-order valence-corrected chi connectivity index (χ1v) is 23.5. The van der Waals surface area contributed by atoms with E-state index in [9.17, 15) is 23.8 Å². The van der Waals surface area contributed by atoms with Gasteiger partial charge in [-0.3, -0.25) is 23.4 Å². The second-order valence-corrected chi connectivity index (χ2v) is 16.3. The molecular weight excluding hydrogens is 733 g/mol. The van der Waals surface area contributed by atoms with Gasteiger partial charge in [0.1, 0.15) is 12.6 Å². The zero-order chi connectivity index (χ0) is 41.4. The highest BCUT2D eigenvalue weighted by molar-refractivity contribution is 7.47. The van der Waals surface area contributed by atoms with E-state index in [4.69, 9.17) is 24.8 Å². The van der Waals surface area contributed by atoms with Gasteiger partial charge in [0, 0.05) is 12.8 Å². The minimum Gasteiger partial charge on any atom is -0.480 e. The molecule has 11 nitrogen and oxygen atoms in total. The quantitative estimate of drug-likeness (QED) is 0.0232. The summed E-state index contributed by atoms with van der Waals surface area (Å²) in [5, 5.41) is 8.89. The molecule has 4 N–H and O–H groups in total. The van der Waals surface area contributed by atoms with Crippen molar-refractivity contribution in [3.05, 3.63) is 36.5 Å². The molecule has 3 atom stereocenters. The predicted octanol–water partition coefficient (Wildman–Crippen LogP) is 11.6. The van der Waals surface area contributed by atoms with E-state index in [-0.39, 0.29) is 19.4 Å². The number of carbonyl (C=O) groups is 3. The third-order valence-corrected chi connectivity index (χ3v) is 10.4. The Morgan fingerprint density at radius 1 is 0.571 bits per heavy atom. The summed E-state index contributed by atoms with van der Waals surface area (Å²) in [4.78, 5) is 46.0. The van der Waals surface area contributed by atoms with Crippen LogP contribution >= 0.6 is 7.82 Å². The Kier molecular flexibility index (Phi) is 37.9. The van der Waals surface area contributed by atoms with E-state index in [0.717, 1.165) is 70.6 Å². The number of carboxylic acid groups (broad SMARTS) is 1. The van der Waals surface area contributed by atoms with Crippen molar-refractivity contribution >= 4 is 25.7 Å². The summed E-state index contributed by atoms with van der Waals surface area (Å²) in [7, 11) is -4.72. The molecular formula is C44H80NO10P. The Morgan fingerprint density at radius 2 is 1.00 bits per heavy atom. The van der Waals surface area contributed by atoms with Gasteiger partial charge in [-0.05, 0) is 44.9 Å². The number of nitrogens with two attached hydrogens (primary N) is 1. The lowest BCUT2D eigenvalue weighted by Gasteiger charge is -2.20. The normalized spacial score (nSPS) is 14.1. The van der Waals surface area contributed by atoms with Crippen molar-refractivity contribution in [2.24, 2.45) is 5.73 Å². The SMILES string of the molecule is CC/C=C\C/C=C\C/C=C\CCCCCCCC(=O)O[C@H](COC(=O)CCCCCCCCCCCCCCCCCCC)COP(=O)(O)OC[C@H](N)C(=O)O. The molecule has 0 amide bonds. The zero-order valence-electron chi connectivity index (χ0n) is 35.2. The number of rotatable bonds is 41. The maximum atomic E-state index is 12.6. The summed E-state index contributed by atoms with van der Waals surface area (Å²) in [6.07, 6.45) is 42.1. The fraction of sp³-hybridized carbons (Fsp3) is 0.795. The number of hydrogen-bond donors (Lipinski definition) is 3. The molecule has 0 aromatic heterocycles. The molecule has 0 aliphatic carbocycles. The Bertz CT molecular complexity index is 1100. The number of ether oxygens (including phenoxy) is 2. The second-order valence-electron chi connectivity index (χ2n) is 14.8. The molecule has 0 aliphatic heterocycles. The lowest BCUT2D eigenvalue weighted by atomic mass is 10.0. The van der Waals surface area contributed by atoms with Gasteiger partial charge in [-0.2, -0.15) is 0 Å². The Hall–Kier alpha value is -2.30. The molecule has 0 saturated carbocycles. The number of phosphoric acid groups is 1. The van der Waals surface area contributed by atoms with Crippen LogP contribution in [0.4, 0.5) is 0 Å². The molecule has 12 heteroatoms. The number of hydrogen-bond acceptors (Lipinski definition) is 9. The largest absolute Gasteiger partial charge is 0.480 e. The smallest absolute Gasteiger partial charge is 0.472 e. The van der Waals surface area contributed by atoms with Crippen LogP contribution in [0.25, 0.3) is 0 Å². The number of aliphatic carboxylic acids is 1. The van der Waals surface area contributed by atoms with E-state index in [0.29, 0.717) is 12.8 Å². The molecule has 1 unspecified atom stereocenters. The number of carboxylic acids is 1. The van der Waals surface area contributed by atoms with Gasteiger partial charge >= 0.3 is 25.7 Å². The van der Waals surface area contributed by atoms with E-state index >= 15 is 0 Å². The van der Waals surface area contributed by atoms with Crippen LogP contribution < -0.4 is 5.73 Å². The maximum Gasteiger partial charge on any atom is 0.472 e. The van der Waals surface area contributed by atoms with Crippen LogP contribution in [0.3, 0.4) is 0 Å². The third kappa shape index (κ3) is 38.6. The standard InChI is InChI=1S/C44H80NO10P/c1-3-5-7-9-11-13-15-17-19-20-22-23-25-27-29-31-33-35-42(46)52-37-40(38-53-56(50,51)54-39-41(45)44(48)49)55-43(47)36-34-32-30-28-26-24-21-18-16-14-12-10-8-6-4-2/h6,8,12,14,18,21,40-41H,3-5,7,9-11,13,15-17,19-20,22-39,45H2,1-2H3,(H,48,49)(H,50,51)/b8-6-,14-12-,21-18-/t40-,41+/m1/s1. The van der Waals surface area contributed by atoms with Gasteiger partial charge in [-0.1, -0.05) is 172 Å². The van der Waals surface area contributed by atoms with Crippen LogP contribution in [0.1, 0.15) is 194 Å². The van der Waals surface area contributed by atoms with Crippen LogP contribution in [-0.4, -0.2) is 59.9 Å². The predicted molar refractivity (Wildman–Crippen MR) is 226 cm³/mol. The summed E-state index contributed by atoms with van der Waals surface area (Å²) in [5.74, 6) is -2.39.